The second-order valence-electron chi connectivity index (χ2n) is 5.20. The second-order valence-corrected chi connectivity index (χ2v) is 5.20. The van der Waals surface area contributed by atoms with Gasteiger partial charge in [-0.05, 0) is 31.2 Å². The monoisotopic (exact) mass is 355 g/mol. The van der Waals surface area contributed by atoms with Crippen LogP contribution < -0.4 is 14.2 Å². The Labute approximate surface area is 150 Å². The van der Waals surface area contributed by atoms with Crippen LogP contribution in [0.4, 0.5) is 5.69 Å². The van der Waals surface area contributed by atoms with Gasteiger partial charge in [-0.3, -0.25) is 14.9 Å². The van der Waals surface area contributed by atoms with E-state index >= 15 is 0 Å². The van der Waals surface area contributed by atoms with Gasteiger partial charge in [0.2, 0.25) is 0 Å². The highest BCUT2D eigenvalue weighted by Crippen LogP contribution is 2.31. The predicted octanol–water partition coefficient (Wildman–Crippen LogP) is 3.22. The normalized spacial score (nSPS) is 9.69. The minimum Gasteiger partial charge on any atom is -0.497 e. The zero-order valence-corrected chi connectivity index (χ0v) is 14.8. The second kappa shape index (κ2) is 8.03. The smallest absolute Gasteiger partial charge is 0.288 e. The Kier molecular flexibility index (Phi) is 5.81. The van der Waals surface area contributed by atoms with Crippen molar-refractivity contribution < 1.29 is 23.9 Å². The summed E-state index contributed by atoms with van der Waals surface area (Å²) in [5.41, 5.74) is 0.894. The van der Waals surface area contributed by atoms with Crippen LogP contribution >= 0.6 is 0 Å². The number of hydrogen-bond donors (Lipinski definition) is 0. The van der Waals surface area contributed by atoms with Crippen LogP contribution in [-0.2, 0) is 0 Å². The molecule has 0 aliphatic rings. The van der Waals surface area contributed by atoms with Crippen LogP contribution in [0, 0.1) is 22.0 Å². The first-order valence-electron chi connectivity index (χ1n) is 7.52. The van der Waals surface area contributed by atoms with Gasteiger partial charge in [-0.25, -0.2) is 0 Å². The van der Waals surface area contributed by atoms with Crippen molar-refractivity contribution in [3.05, 3.63) is 57.1 Å². The molecule has 0 aliphatic heterocycles. The van der Waals surface area contributed by atoms with Crippen molar-refractivity contribution in [3.63, 3.8) is 0 Å². The number of nitrogens with zero attached hydrogens (tertiary/aromatic N) is 1. The lowest BCUT2D eigenvalue weighted by atomic mass is 10.1. The van der Waals surface area contributed by atoms with Crippen LogP contribution in [0.3, 0.4) is 0 Å². The third-order valence-corrected chi connectivity index (χ3v) is 3.60. The minimum atomic E-state index is -0.521. The molecule has 0 saturated carbocycles. The van der Waals surface area contributed by atoms with Gasteiger partial charge in [-0.15, -0.1) is 0 Å². The van der Waals surface area contributed by atoms with Gasteiger partial charge in [-0.2, -0.15) is 0 Å². The maximum Gasteiger partial charge on any atom is 0.288 e. The number of nitro groups is 1. The van der Waals surface area contributed by atoms with Crippen LogP contribution in [-0.4, -0.2) is 32.0 Å². The zero-order chi connectivity index (χ0) is 19.3. The Morgan fingerprint density at radius 3 is 2.08 bits per heavy atom. The average Bonchev–Trinajstić information content (AvgIpc) is 2.64. The summed E-state index contributed by atoms with van der Waals surface area (Å²) in [6.07, 6.45) is 0. The summed E-state index contributed by atoms with van der Waals surface area (Å²) in [4.78, 5) is 22.5. The van der Waals surface area contributed by atoms with Crippen molar-refractivity contribution in [2.24, 2.45) is 0 Å². The Balaban J connectivity index is 2.54. The number of rotatable bonds is 5. The molecule has 7 heteroatoms. The molecule has 0 heterocycles. The number of carbonyl (C=O) groups is 1. The molecule has 0 aliphatic carbocycles. The molecule has 0 aromatic heterocycles. The Hall–Kier alpha value is -3.53. The first kappa shape index (κ1) is 18.8. The molecule has 2 aromatic carbocycles. The molecule has 2 rings (SSSR count). The van der Waals surface area contributed by atoms with E-state index in [1.54, 1.807) is 18.2 Å². The fourth-order valence-electron chi connectivity index (χ4n) is 2.37. The SMILES string of the molecule is COc1ccc(C#Cc2cc(OC)c(C(C)=O)c(OC)c2)c([N+](=O)[O-])c1. The van der Waals surface area contributed by atoms with E-state index in [1.807, 2.05) is 0 Å². The summed E-state index contributed by atoms with van der Waals surface area (Å²) in [5, 5.41) is 11.2. The minimum absolute atomic E-state index is 0.156. The molecule has 0 bridgehead atoms. The summed E-state index contributed by atoms with van der Waals surface area (Å²) in [6, 6.07) is 7.59. The topological polar surface area (TPSA) is 87.9 Å². The van der Waals surface area contributed by atoms with Gasteiger partial charge in [0.05, 0.1) is 32.3 Å². The molecule has 26 heavy (non-hydrogen) atoms. The van der Waals surface area contributed by atoms with Crippen LogP contribution in [0.15, 0.2) is 30.3 Å². The van der Waals surface area contributed by atoms with Crippen molar-refractivity contribution in [1.29, 1.82) is 0 Å². The van der Waals surface area contributed by atoms with Gasteiger partial charge in [0.1, 0.15) is 28.4 Å². The largest absolute Gasteiger partial charge is 0.497 e. The lowest BCUT2D eigenvalue weighted by molar-refractivity contribution is -0.385. The fraction of sp³-hybridized carbons (Fsp3) is 0.211. The Morgan fingerprint density at radius 2 is 1.62 bits per heavy atom. The van der Waals surface area contributed by atoms with Gasteiger partial charge in [0.25, 0.3) is 5.69 Å². The molecular formula is C19H17NO6. The van der Waals surface area contributed by atoms with E-state index in [0.717, 1.165) is 0 Å². The molecule has 0 radical (unpaired) electrons. The Bertz CT molecular complexity index is 898. The number of benzene rings is 2. The van der Waals surface area contributed by atoms with Gasteiger partial charge in [0.15, 0.2) is 5.78 Å². The van der Waals surface area contributed by atoms with E-state index < -0.39 is 4.92 Å². The summed E-state index contributed by atoms with van der Waals surface area (Å²) in [7, 11) is 4.30. The van der Waals surface area contributed by atoms with Gasteiger partial charge in [-0.1, -0.05) is 11.8 Å². The third-order valence-electron chi connectivity index (χ3n) is 3.60. The fourth-order valence-corrected chi connectivity index (χ4v) is 2.37. The van der Waals surface area contributed by atoms with Crippen LogP contribution in [0.1, 0.15) is 28.4 Å². The standard InChI is InChI=1S/C19H17NO6/c1-12(21)19-17(25-3)9-13(10-18(19)26-4)5-6-14-7-8-15(24-2)11-16(14)20(22)23/h7-11H,1-4H3. The van der Waals surface area contributed by atoms with E-state index in [-0.39, 0.29) is 17.0 Å². The number of nitro benzene ring substituents is 1. The van der Waals surface area contributed by atoms with Gasteiger partial charge < -0.3 is 14.2 Å². The lowest BCUT2D eigenvalue weighted by Gasteiger charge is -2.11. The zero-order valence-electron chi connectivity index (χ0n) is 14.8. The molecule has 0 spiro atoms. The highest BCUT2D eigenvalue weighted by Gasteiger charge is 2.17. The molecular weight excluding hydrogens is 338 g/mol. The van der Waals surface area contributed by atoms with E-state index in [0.29, 0.717) is 28.4 Å². The van der Waals surface area contributed by atoms with Crippen LogP contribution in [0.2, 0.25) is 0 Å². The van der Waals surface area contributed by atoms with Crippen molar-refractivity contribution in [1.82, 2.24) is 0 Å². The number of ether oxygens (including phenoxy) is 3. The van der Waals surface area contributed by atoms with E-state index in [9.17, 15) is 14.9 Å². The summed E-state index contributed by atoms with van der Waals surface area (Å²) >= 11 is 0. The molecule has 0 amide bonds. The van der Waals surface area contributed by atoms with Crippen molar-refractivity contribution in [2.75, 3.05) is 21.3 Å². The molecule has 134 valence electrons. The summed E-state index contributed by atoms with van der Waals surface area (Å²) < 4.78 is 15.5. The van der Waals surface area contributed by atoms with Crippen molar-refractivity contribution >= 4 is 11.5 Å². The van der Waals surface area contributed by atoms with Crippen molar-refractivity contribution in [3.8, 4) is 29.1 Å². The molecule has 2 aromatic rings. The summed E-state index contributed by atoms with van der Waals surface area (Å²) in [6.45, 7) is 1.41. The predicted molar refractivity (Wildman–Crippen MR) is 95.2 cm³/mol. The maximum absolute atomic E-state index is 11.8. The Morgan fingerprint density at radius 1 is 1.00 bits per heavy atom. The van der Waals surface area contributed by atoms with Crippen LogP contribution in [0.25, 0.3) is 0 Å². The third kappa shape index (κ3) is 3.92. The molecule has 0 atom stereocenters. The number of ketones is 1. The van der Waals surface area contributed by atoms with E-state index in [2.05, 4.69) is 11.8 Å². The quantitative estimate of drug-likeness (QED) is 0.354. The highest BCUT2D eigenvalue weighted by molar-refractivity contribution is 6.00. The van der Waals surface area contributed by atoms with Crippen LogP contribution in [0.5, 0.6) is 17.2 Å². The van der Waals surface area contributed by atoms with Gasteiger partial charge in [0, 0.05) is 5.56 Å². The van der Waals surface area contributed by atoms with Gasteiger partial charge >= 0.3 is 0 Å². The molecule has 0 N–H and O–H groups in total. The van der Waals surface area contributed by atoms with Crippen molar-refractivity contribution in [2.45, 2.75) is 6.92 Å². The first-order valence-corrected chi connectivity index (χ1v) is 7.52. The number of Topliss-reactive ketones (excluding diaryl/α,β-unsaturated/α-hetero) is 1. The molecule has 7 nitrogen and oxygen atoms in total. The average molecular weight is 355 g/mol. The molecule has 0 saturated heterocycles. The molecule has 0 unspecified atom stereocenters. The van der Waals surface area contributed by atoms with E-state index in [4.69, 9.17) is 14.2 Å². The summed E-state index contributed by atoms with van der Waals surface area (Å²) in [5.74, 6) is 6.43. The first-order chi connectivity index (χ1) is 12.4. The maximum atomic E-state index is 11.8. The lowest BCUT2D eigenvalue weighted by Crippen LogP contribution is -2.02. The number of methoxy groups -OCH3 is 3. The molecule has 0 fully saturated rings. The van der Waals surface area contributed by atoms with E-state index in [1.165, 1.54) is 40.4 Å². The number of hydrogen-bond acceptors (Lipinski definition) is 6. The highest BCUT2D eigenvalue weighted by atomic mass is 16.6. The number of carbonyl (C=O) groups excluding carboxylic acids is 1.